The zero-order valence-corrected chi connectivity index (χ0v) is 13.8. The number of amides is 1. The third kappa shape index (κ3) is 4.82. The molecule has 1 unspecified atom stereocenters. The van der Waals surface area contributed by atoms with Gasteiger partial charge in [0, 0.05) is 12.2 Å². The maximum Gasteiger partial charge on any atom is 0.238 e. The van der Waals surface area contributed by atoms with Crippen LogP contribution in [-0.2, 0) is 4.79 Å². The monoisotopic (exact) mass is 303 g/mol. The first-order valence-electron chi connectivity index (χ1n) is 8.41. The van der Waals surface area contributed by atoms with E-state index in [-0.39, 0.29) is 5.91 Å². The molecule has 4 heteroatoms. The Balaban J connectivity index is 1.90. The van der Waals surface area contributed by atoms with Crippen LogP contribution in [0.3, 0.4) is 0 Å². The second-order valence-electron chi connectivity index (χ2n) is 6.61. The van der Waals surface area contributed by atoms with Crippen molar-refractivity contribution >= 4 is 11.6 Å². The molecule has 0 spiro atoms. The largest absolute Gasteiger partial charge is 0.330 e. The van der Waals surface area contributed by atoms with Gasteiger partial charge in [-0.05, 0) is 55.8 Å². The fourth-order valence-electron chi connectivity index (χ4n) is 3.27. The van der Waals surface area contributed by atoms with Gasteiger partial charge in [-0.3, -0.25) is 9.69 Å². The summed E-state index contributed by atoms with van der Waals surface area (Å²) in [4.78, 5) is 14.6. The number of nitrogens with one attached hydrogen (secondary N) is 1. The van der Waals surface area contributed by atoms with Crippen molar-refractivity contribution in [3.63, 3.8) is 0 Å². The SMILES string of the molecule is CC(C)c1ccccc1NC(=O)CN1CCCC(CCN)C1. The lowest BCUT2D eigenvalue weighted by molar-refractivity contribution is -0.117. The molecule has 1 amide bonds. The molecule has 4 nitrogen and oxygen atoms in total. The zero-order valence-electron chi connectivity index (χ0n) is 13.8. The molecule has 2 rings (SSSR count). The van der Waals surface area contributed by atoms with Crippen molar-refractivity contribution in [3.05, 3.63) is 29.8 Å². The summed E-state index contributed by atoms with van der Waals surface area (Å²) in [6, 6.07) is 8.06. The maximum absolute atomic E-state index is 12.3. The lowest BCUT2D eigenvalue weighted by Crippen LogP contribution is -2.41. The Morgan fingerprint density at radius 2 is 2.18 bits per heavy atom. The normalized spacial score (nSPS) is 19.4. The van der Waals surface area contributed by atoms with Crippen LogP contribution >= 0.6 is 0 Å². The van der Waals surface area contributed by atoms with Gasteiger partial charge in [0.1, 0.15) is 0 Å². The van der Waals surface area contributed by atoms with Crippen LogP contribution in [0.1, 0.15) is 44.6 Å². The molecule has 1 heterocycles. The molecule has 1 fully saturated rings. The van der Waals surface area contributed by atoms with Crippen LogP contribution in [0.25, 0.3) is 0 Å². The molecular weight excluding hydrogens is 274 g/mol. The molecule has 1 saturated heterocycles. The van der Waals surface area contributed by atoms with Gasteiger partial charge in [-0.15, -0.1) is 0 Å². The van der Waals surface area contributed by atoms with Crippen LogP contribution in [0.4, 0.5) is 5.69 Å². The predicted octanol–water partition coefficient (Wildman–Crippen LogP) is 2.81. The topological polar surface area (TPSA) is 58.4 Å². The molecule has 0 radical (unpaired) electrons. The van der Waals surface area contributed by atoms with Crippen LogP contribution in [0.2, 0.25) is 0 Å². The molecule has 0 saturated carbocycles. The number of piperidine rings is 1. The van der Waals surface area contributed by atoms with E-state index in [0.717, 1.165) is 31.7 Å². The number of hydrogen-bond acceptors (Lipinski definition) is 3. The van der Waals surface area contributed by atoms with E-state index >= 15 is 0 Å². The molecule has 3 N–H and O–H groups in total. The predicted molar refractivity (Wildman–Crippen MR) is 92.0 cm³/mol. The minimum atomic E-state index is 0.0847. The van der Waals surface area contributed by atoms with Crippen molar-refractivity contribution in [1.82, 2.24) is 4.90 Å². The summed E-state index contributed by atoms with van der Waals surface area (Å²) in [6.45, 7) is 7.52. The van der Waals surface area contributed by atoms with Crippen LogP contribution in [0.15, 0.2) is 24.3 Å². The summed E-state index contributed by atoms with van der Waals surface area (Å²) >= 11 is 0. The Bertz CT molecular complexity index is 485. The van der Waals surface area contributed by atoms with Gasteiger partial charge in [0.05, 0.1) is 6.54 Å². The summed E-state index contributed by atoms with van der Waals surface area (Å²) in [5.74, 6) is 1.14. The van der Waals surface area contributed by atoms with E-state index in [1.165, 1.54) is 18.4 Å². The number of anilines is 1. The van der Waals surface area contributed by atoms with E-state index in [4.69, 9.17) is 5.73 Å². The summed E-state index contributed by atoms with van der Waals surface area (Å²) in [5.41, 5.74) is 7.79. The molecule has 122 valence electrons. The molecular formula is C18H29N3O. The van der Waals surface area contributed by atoms with E-state index in [1.807, 2.05) is 18.2 Å². The van der Waals surface area contributed by atoms with Crippen molar-refractivity contribution in [3.8, 4) is 0 Å². The van der Waals surface area contributed by atoms with Crippen LogP contribution in [-0.4, -0.2) is 37.0 Å². The molecule has 1 aromatic carbocycles. The zero-order chi connectivity index (χ0) is 15.9. The molecule has 1 aliphatic heterocycles. The quantitative estimate of drug-likeness (QED) is 0.849. The fourth-order valence-corrected chi connectivity index (χ4v) is 3.27. The Morgan fingerprint density at radius 3 is 2.91 bits per heavy atom. The second kappa shape index (κ2) is 8.30. The minimum Gasteiger partial charge on any atom is -0.330 e. The van der Waals surface area contributed by atoms with E-state index in [0.29, 0.717) is 18.4 Å². The highest BCUT2D eigenvalue weighted by Crippen LogP contribution is 2.24. The van der Waals surface area contributed by atoms with Crippen LogP contribution in [0.5, 0.6) is 0 Å². The lowest BCUT2D eigenvalue weighted by Gasteiger charge is -2.32. The van der Waals surface area contributed by atoms with Gasteiger partial charge >= 0.3 is 0 Å². The average Bonchev–Trinajstić information content (AvgIpc) is 2.48. The first-order chi connectivity index (χ1) is 10.6. The Hall–Kier alpha value is -1.39. The first kappa shape index (κ1) is 17.0. The first-order valence-corrected chi connectivity index (χ1v) is 8.41. The highest BCUT2D eigenvalue weighted by molar-refractivity contribution is 5.93. The highest BCUT2D eigenvalue weighted by atomic mass is 16.2. The number of para-hydroxylation sites is 1. The van der Waals surface area contributed by atoms with Gasteiger partial charge in [0.15, 0.2) is 0 Å². The second-order valence-corrected chi connectivity index (χ2v) is 6.61. The van der Waals surface area contributed by atoms with E-state index < -0.39 is 0 Å². The number of hydrogen-bond donors (Lipinski definition) is 2. The van der Waals surface area contributed by atoms with Crippen molar-refractivity contribution in [2.45, 2.75) is 39.0 Å². The number of nitrogens with zero attached hydrogens (tertiary/aromatic N) is 1. The van der Waals surface area contributed by atoms with E-state index in [2.05, 4.69) is 30.1 Å². The van der Waals surface area contributed by atoms with Crippen LogP contribution in [0, 0.1) is 5.92 Å². The third-order valence-electron chi connectivity index (χ3n) is 4.40. The Morgan fingerprint density at radius 1 is 1.41 bits per heavy atom. The van der Waals surface area contributed by atoms with Gasteiger partial charge in [-0.1, -0.05) is 32.0 Å². The maximum atomic E-state index is 12.3. The minimum absolute atomic E-state index is 0.0847. The van der Waals surface area contributed by atoms with Crippen molar-refractivity contribution in [2.24, 2.45) is 11.7 Å². The number of carbonyl (C=O) groups excluding carboxylic acids is 1. The molecule has 1 aliphatic rings. The molecule has 1 atom stereocenters. The van der Waals surface area contributed by atoms with Gasteiger partial charge < -0.3 is 11.1 Å². The Kier molecular flexibility index (Phi) is 6.40. The number of rotatable bonds is 6. The highest BCUT2D eigenvalue weighted by Gasteiger charge is 2.21. The van der Waals surface area contributed by atoms with Crippen molar-refractivity contribution in [2.75, 3.05) is 31.5 Å². The summed E-state index contributed by atoms with van der Waals surface area (Å²) in [6.07, 6.45) is 3.47. The standard InChI is InChI=1S/C18H29N3O/c1-14(2)16-7-3-4-8-17(16)20-18(22)13-21-11-5-6-15(12-21)9-10-19/h3-4,7-8,14-15H,5-6,9-13,19H2,1-2H3,(H,20,22). The average molecular weight is 303 g/mol. The molecule has 22 heavy (non-hydrogen) atoms. The summed E-state index contributed by atoms with van der Waals surface area (Å²) < 4.78 is 0. The smallest absolute Gasteiger partial charge is 0.238 e. The van der Waals surface area contributed by atoms with E-state index in [9.17, 15) is 4.79 Å². The Labute approximate surface area is 134 Å². The number of benzene rings is 1. The van der Waals surface area contributed by atoms with Gasteiger partial charge in [-0.25, -0.2) is 0 Å². The van der Waals surface area contributed by atoms with Gasteiger partial charge in [0.2, 0.25) is 5.91 Å². The van der Waals surface area contributed by atoms with E-state index in [1.54, 1.807) is 0 Å². The molecule has 1 aromatic rings. The molecule has 0 aliphatic carbocycles. The fraction of sp³-hybridized carbons (Fsp3) is 0.611. The number of carbonyl (C=O) groups is 1. The number of nitrogens with two attached hydrogens (primary N) is 1. The van der Waals surface area contributed by atoms with Gasteiger partial charge in [-0.2, -0.15) is 0 Å². The lowest BCUT2D eigenvalue weighted by atomic mass is 9.95. The van der Waals surface area contributed by atoms with Crippen LogP contribution < -0.4 is 11.1 Å². The summed E-state index contributed by atoms with van der Waals surface area (Å²) in [7, 11) is 0. The third-order valence-corrected chi connectivity index (χ3v) is 4.40. The van der Waals surface area contributed by atoms with Crippen molar-refractivity contribution < 1.29 is 4.79 Å². The molecule has 0 bridgehead atoms. The number of likely N-dealkylation sites (tertiary alicyclic amines) is 1. The van der Waals surface area contributed by atoms with Gasteiger partial charge in [0.25, 0.3) is 0 Å². The molecule has 0 aromatic heterocycles. The van der Waals surface area contributed by atoms with Crippen molar-refractivity contribution in [1.29, 1.82) is 0 Å². The summed E-state index contributed by atoms with van der Waals surface area (Å²) in [5, 5.41) is 3.08.